The lowest BCUT2D eigenvalue weighted by Gasteiger charge is -2.32. The molecule has 1 unspecified atom stereocenters. The first-order chi connectivity index (χ1) is 17.9. The molecule has 2 aromatic carbocycles. The average molecular weight is 517 g/mol. The summed E-state index contributed by atoms with van der Waals surface area (Å²) in [7, 11) is 0. The van der Waals surface area contributed by atoms with E-state index in [0.717, 1.165) is 82.6 Å². The maximum absolute atomic E-state index is 15.2. The van der Waals surface area contributed by atoms with Crippen molar-refractivity contribution in [3.05, 3.63) is 64.5 Å². The van der Waals surface area contributed by atoms with Gasteiger partial charge in [0.1, 0.15) is 0 Å². The summed E-state index contributed by atoms with van der Waals surface area (Å²) in [5.41, 5.74) is 2.02. The van der Waals surface area contributed by atoms with E-state index < -0.39 is 11.6 Å². The van der Waals surface area contributed by atoms with Gasteiger partial charge in [-0.25, -0.2) is 13.2 Å². The minimum atomic E-state index is -0.658. The zero-order chi connectivity index (χ0) is 26.4. The Morgan fingerprint density at radius 3 is 1.97 bits per heavy atom. The second-order valence-corrected chi connectivity index (χ2v) is 11.3. The second-order valence-electron chi connectivity index (χ2n) is 11.3. The number of aliphatic hydroxyl groups is 1. The van der Waals surface area contributed by atoms with Gasteiger partial charge in [-0.3, -0.25) is 0 Å². The van der Waals surface area contributed by atoms with Crippen molar-refractivity contribution in [2.45, 2.75) is 109 Å². The van der Waals surface area contributed by atoms with Gasteiger partial charge in [-0.1, -0.05) is 31.5 Å². The third kappa shape index (κ3) is 6.90. The lowest BCUT2D eigenvalue weighted by atomic mass is 9.74. The van der Waals surface area contributed by atoms with Crippen LogP contribution in [0.4, 0.5) is 13.2 Å². The van der Waals surface area contributed by atoms with Crippen molar-refractivity contribution in [2.24, 2.45) is 11.8 Å². The van der Waals surface area contributed by atoms with Gasteiger partial charge in [-0.15, -0.1) is 0 Å². The van der Waals surface area contributed by atoms with Crippen LogP contribution in [0, 0.1) is 29.3 Å². The molecule has 0 radical (unpaired) electrons. The minimum Gasteiger partial charge on any atom is -0.491 e. The number of hydrogen-bond donors (Lipinski definition) is 1. The van der Waals surface area contributed by atoms with Crippen molar-refractivity contribution in [1.82, 2.24) is 0 Å². The molecule has 37 heavy (non-hydrogen) atoms. The van der Waals surface area contributed by atoms with Gasteiger partial charge in [0.05, 0.1) is 12.7 Å². The van der Waals surface area contributed by atoms with E-state index in [1.807, 2.05) is 25.1 Å². The quantitative estimate of drug-likeness (QED) is 0.342. The smallest absolute Gasteiger partial charge is 0.165 e. The Kier molecular flexibility index (Phi) is 9.97. The van der Waals surface area contributed by atoms with Crippen LogP contribution in [-0.2, 0) is 6.42 Å². The molecule has 5 heteroatoms. The molecule has 2 aliphatic rings. The van der Waals surface area contributed by atoms with Crippen molar-refractivity contribution in [3.8, 4) is 5.75 Å². The largest absolute Gasteiger partial charge is 0.491 e. The Hall–Kier alpha value is -2.01. The molecule has 0 bridgehead atoms. The number of rotatable bonds is 10. The summed E-state index contributed by atoms with van der Waals surface area (Å²) >= 11 is 0. The van der Waals surface area contributed by atoms with Gasteiger partial charge in [-0.2, -0.15) is 0 Å². The highest BCUT2D eigenvalue weighted by Crippen LogP contribution is 2.42. The van der Waals surface area contributed by atoms with Crippen LogP contribution in [0.2, 0.25) is 0 Å². The van der Waals surface area contributed by atoms with Gasteiger partial charge in [0, 0.05) is 0 Å². The number of halogens is 3. The molecule has 0 heterocycles. The van der Waals surface area contributed by atoms with Crippen molar-refractivity contribution in [1.29, 1.82) is 0 Å². The Labute approximate surface area is 220 Å². The number of aliphatic hydroxyl groups excluding tert-OH is 1. The molecule has 2 saturated carbocycles. The Morgan fingerprint density at radius 1 is 0.838 bits per heavy atom. The molecule has 0 spiro atoms. The molecule has 2 fully saturated rings. The van der Waals surface area contributed by atoms with Crippen LogP contribution >= 0.6 is 0 Å². The fourth-order valence-corrected chi connectivity index (χ4v) is 6.66. The minimum absolute atomic E-state index is 0.0387. The predicted molar refractivity (Wildman–Crippen MR) is 143 cm³/mol. The van der Waals surface area contributed by atoms with Gasteiger partial charge in [-0.05, 0) is 130 Å². The van der Waals surface area contributed by atoms with Crippen LogP contribution in [0.5, 0.6) is 5.75 Å². The molecule has 1 atom stereocenters. The highest BCUT2D eigenvalue weighted by Gasteiger charge is 2.31. The summed E-state index contributed by atoms with van der Waals surface area (Å²) in [6, 6.07) is 8.86. The number of ether oxygens (including phenoxy) is 1. The van der Waals surface area contributed by atoms with Crippen molar-refractivity contribution >= 4 is 0 Å². The second kappa shape index (κ2) is 13.2. The fraction of sp³-hybridized carbons (Fsp3) is 0.625. The molecule has 1 N–H and O–H groups in total. The molecule has 204 valence electrons. The topological polar surface area (TPSA) is 29.5 Å². The summed E-state index contributed by atoms with van der Waals surface area (Å²) in [6.07, 6.45) is 10.4. The maximum Gasteiger partial charge on any atom is 0.165 e. The molecular formula is C32H43F3O2. The van der Waals surface area contributed by atoms with Crippen LogP contribution < -0.4 is 4.74 Å². The third-order valence-corrected chi connectivity index (χ3v) is 8.91. The Balaban J connectivity index is 1.29. The van der Waals surface area contributed by atoms with Gasteiger partial charge < -0.3 is 9.84 Å². The number of aryl methyl sites for hydroxylation is 1. The molecule has 0 amide bonds. The lowest BCUT2D eigenvalue weighted by molar-refractivity contribution is 0.0727. The van der Waals surface area contributed by atoms with Crippen molar-refractivity contribution < 1.29 is 23.0 Å². The molecule has 0 saturated heterocycles. The first-order valence-electron chi connectivity index (χ1n) is 14.5. The summed E-state index contributed by atoms with van der Waals surface area (Å²) in [5.74, 6) is -0.423. The third-order valence-electron chi connectivity index (χ3n) is 8.91. The molecule has 2 aliphatic carbocycles. The van der Waals surface area contributed by atoms with E-state index in [0.29, 0.717) is 29.4 Å². The first kappa shape index (κ1) is 28.0. The zero-order valence-corrected chi connectivity index (χ0v) is 22.5. The molecule has 2 nitrogen and oxygen atoms in total. The van der Waals surface area contributed by atoms with Crippen molar-refractivity contribution in [3.63, 3.8) is 0 Å². The highest BCUT2D eigenvalue weighted by atomic mass is 19.2. The maximum atomic E-state index is 15.2. The van der Waals surface area contributed by atoms with Gasteiger partial charge in [0.25, 0.3) is 0 Å². The normalized spacial score (nSPS) is 25.1. The van der Waals surface area contributed by atoms with Gasteiger partial charge >= 0.3 is 0 Å². The molecule has 0 aliphatic heterocycles. The van der Waals surface area contributed by atoms with E-state index >= 15 is 8.78 Å². The van der Waals surface area contributed by atoms with E-state index in [9.17, 15) is 9.50 Å². The summed E-state index contributed by atoms with van der Waals surface area (Å²) in [6.45, 7) is 4.36. The highest BCUT2D eigenvalue weighted by molar-refractivity contribution is 5.32. The summed E-state index contributed by atoms with van der Waals surface area (Å²) < 4.78 is 49.9. The number of hydrogen-bond acceptors (Lipinski definition) is 2. The van der Waals surface area contributed by atoms with E-state index in [2.05, 4.69) is 6.92 Å². The molecular weight excluding hydrogens is 473 g/mol. The predicted octanol–water partition coefficient (Wildman–Crippen LogP) is 8.84. The number of benzene rings is 2. The zero-order valence-electron chi connectivity index (χ0n) is 22.5. The molecule has 4 rings (SSSR count). The lowest BCUT2D eigenvalue weighted by Crippen LogP contribution is -2.25. The van der Waals surface area contributed by atoms with Crippen LogP contribution in [-0.4, -0.2) is 17.8 Å². The van der Waals surface area contributed by atoms with Gasteiger partial charge in [0.2, 0.25) is 0 Å². The van der Waals surface area contributed by atoms with Crippen LogP contribution in [0.1, 0.15) is 113 Å². The van der Waals surface area contributed by atoms with Crippen molar-refractivity contribution in [2.75, 3.05) is 6.61 Å². The van der Waals surface area contributed by atoms with E-state index in [1.165, 1.54) is 0 Å². The van der Waals surface area contributed by atoms with E-state index in [4.69, 9.17) is 4.74 Å². The fourth-order valence-electron chi connectivity index (χ4n) is 6.66. The van der Waals surface area contributed by atoms with Gasteiger partial charge in [0.15, 0.2) is 23.2 Å². The van der Waals surface area contributed by atoms with E-state index in [1.54, 1.807) is 12.1 Å². The van der Waals surface area contributed by atoms with Crippen LogP contribution in [0.3, 0.4) is 0 Å². The SMILES string of the molecule is CCCC(O)C1CCC(c2ccc(C3CCC(CCc4ccc(OCC)c(F)c4)CC3)c(F)c2F)CC1. The average Bonchev–Trinajstić information content (AvgIpc) is 2.91. The standard InChI is InChI=1S/C32H43F3O2/c1-3-5-29(36)25-15-13-24(14-16-25)27-18-17-26(31(34)32(27)35)23-11-8-21(9-12-23)6-7-22-10-19-30(37-4-2)28(33)20-22/h10,17-21,23-25,29,36H,3-9,11-16H2,1-2H3. The Morgan fingerprint density at radius 2 is 1.43 bits per heavy atom. The van der Waals surface area contributed by atoms with E-state index in [-0.39, 0.29) is 29.7 Å². The molecule has 2 aromatic rings. The summed E-state index contributed by atoms with van der Waals surface area (Å²) in [5, 5.41) is 10.3. The summed E-state index contributed by atoms with van der Waals surface area (Å²) in [4.78, 5) is 0. The monoisotopic (exact) mass is 516 g/mol. The van der Waals surface area contributed by atoms with Crippen LogP contribution in [0.15, 0.2) is 30.3 Å². The Bertz CT molecular complexity index is 1010. The molecule has 0 aromatic heterocycles. The van der Waals surface area contributed by atoms with Crippen LogP contribution in [0.25, 0.3) is 0 Å². The first-order valence-corrected chi connectivity index (χ1v) is 14.5.